The summed E-state index contributed by atoms with van der Waals surface area (Å²) in [4.78, 5) is 41.8. The van der Waals surface area contributed by atoms with Crippen LogP contribution in [0.15, 0.2) is 18.5 Å². The minimum absolute atomic E-state index is 0.0180. The third kappa shape index (κ3) is 2.60. The van der Waals surface area contributed by atoms with Crippen LogP contribution in [-0.2, 0) is 19.1 Å². The number of aliphatic hydroxyl groups is 3. The fraction of sp³-hybridized carbons (Fsp3) is 0.444. The third-order valence-electron chi connectivity index (χ3n) is 5.12. The van der Waals surface area contributed by atoms with Crippen LogP contribution < -0.4 is 0 Å². The zero-order valence-electron chi connectivity index (χ0n) is 17.8. The molecule has 1 saturated heterocycles. The molecule has 1 aliphatic heterocycles. The monoisotopic (exact) mass is 431 g/mol. The van der Waals surface area contributed by atoms with Crippen LogP contribution in [0.25, 0.3) is 11.0 Å². The van der Waals surface area contributed by atoms with Crippen LogP contribution in [0.3, 0.4) is 0 Å². The van der Waals surface area contributed by atoms with E-state index in [0.29, 0.717) is 0 Å². The zero-order valence-corrected chi connectivity index (χ0v) is 15.5. The van der Waals surface area contributed by atoms with Crippen LogP contribution in [0.2, 0.25) is 5.02 Å². The van der Waals surface area contributed by atoms with E-state index in [0.717, 1.165) is 23.0 Å². The van der Waals surface area contributed by atoms with Crippen LogP contribution in [0, 0.1) is 5.82 Å². The molecule has 4 atom stereocenters. The van der Waals surface area contributed by atoms with Gasteiger partial charge in [0.05, 0.1) is 29.0 Å². The van der Waals surface area contributed by atoms with Crippen molar-refractivity contribution < 1.29 is 42.9 Å². The number of carbonyl (C=O) groups excluding carboxylic acids is 3. The summed E-state index contributed by atoms with van der Waals surface area (Å²) in [6.07, 6.45) is -1.08. The number of nitrogens with zero attached hydrogens (tertiary/aromatic N) is 2. The van der Waals surface area contributed by atoms with Gasteiger partial charge in [-0.25, -0.2) is 9.37 Å². The van der Waals surface area contributed by atoms with E-state index in [1.165, 1.54) is 0 Å². The van der Waals surface area contributed by atoms with Gasteiger partial charge in [0.15, 0.2) is 29.2 Å². The van der Waals surface area contributed by atoms with Gasteiger partial charge in [0.1, 0.15) is 5.82 Å². The van der Waals surface area contributed by atoms with Crippen molar-refractivity contribution in [3.8, 4) is 0 Å². The fourth-order valence-electron chi connectivity index (χ4n) is 3.47. The lowest BCUT2D eigenvalue weighted by Crippen LogP contribution is -2.82. The third-order valence-corrected chi connectivity index (χ3v) is 5.41. The van der Waals surface area contributed by atoms with E-state index >= 15 is 0 Å². The van der Waals surface area contributed by atoms with Crippen molar-refractivity contribution in [1.29, 1.82) is 0 Å². The molecule has 0 amide bonds. The summed E-state index contributed by atoms with van der Waals surface area (Å²) < 4.78 is 42.2. The Hall–Kier alpha value is -2.24. The Morgan fingerprint density at radius 3 is 2.52 bits per heavy atom. The van der Waals surface area contributed by atoms with E-state index < -0.39 is 73.5 Å². The molecule has 1 aliphatic rings. The van der Waals surface area contributed by atoms with Gasteiger partial charge in [-0.2, -0.15) is 0 Å². The van der Waals surface area contributed by atoms with Crippen molar-refractivity contribution in [1.82, 2.24) is 9.55 Å². The number of rotatable bonds is 4. The minimum Gasteiger partial charge on any atom is -0.376 e. The maximum Gasteiger partial charge on any atom is 0.207 e. The normalized spacial score (nSPS) is 33.7. The Labute approximate surface area is 172 Å². The number of ether oxygens (including phenoxy) is 1. The summed E-state index contributed by atoms with van der Waals surface area (Å²) in [7, 11) is 0. The van der Waals surface area contributed by atoms with Gasteiger partial charge < -0.3 is 24.6 Å². The first-order valence-electron chi connectivity index (χ1n) is 10.1. The Bertz CT molecular complexity index is 1120. The van der Waals surface area contributed by atoms with Crippen LogP contribution in [0.4, 0.5) is 4.39 Å². The second-order valence-corrected chi connectivity index (χ2v) is 7.08. The largest absolute Gasteiger partial charge is 0.376 e. The van der Waals surface area contributed by atoms with Crippen molar-refractivity contribution in [2.45, 2.75) is 43.7 Å². The average Bonchev–Trinajstić information content (AvgIpc) is 3.17. The van der Waals surface area contributed by atoms with E-state index in [-0.39, 0.29) is 16.1 Å². The Morgan fingerprint density at radius 2 is 1.90 bits per heavy atom. The molecule has 9 nitrogen and oxygen atoms in total. The van der Waals surface area contributed by atoms with Crippen LogP contribution in [-0.4, -0.2) is 65.6 Å². The molecule has 3 N–H and O–H groups in total. The van der Waals surface area contributed by atoms with Gasteiger partial charge in [-0.15, -0.1) is 0 Å². The molecule has 0 radical (unpaired) electrons. The molecule has 2 heterocycles. The number of aromatic nitrogens is 2. The molecule has 3 rings (SSSR count). The smallest absolute Gasteiger partial charge is 0.207 e. The molecule has 1 unspecified atom stereocenters. The second kappa shape index (κ2) is 6.64. The molecule has 29 heavy (non-hydrogen) atoms. The van der Waals surface area contributed by atoms with Gasteiger partial charge in [0.2, 0.25) is 11.2 Å². The van der Waals surface area contributed by atoms with Gasteiger partial charge in [-0.1, -0.05) is 11.6 Å². The van der Waals surface area contributed by atoms with Gasteiger partial charge in [-0.05, 0) is 26.8 Å². The number of halogens is 2. The standard InChI is InChI=1S/C18H18ClFN2O7/c1-8(23)16(26)6-29-15(17(27,9(2)24)18(16,28)10(3)25)22-7-21-13-5-12(20)11(19)4-14(13)22/h4-5,7,15,26-28H,6H2,1-3H3/t15?,16-,17-,18+/m0/s1/i1D,2D,3D. The predicted molar refractivity (Wildman–Crippen MR) is 96.6 cm³/mol. The molecule has 0 saturated carbocycles. The van der Waals surface area contributed by atoms with Crippen molar-refractivity contribution in [3.05, 3.63) is 29.3 Å². The van der Waals surface area contributed by atoms with Crippen molar-refractivity contribution in [2.24, 2.45) is 0 Å². The maximum atomic E-state index is 13.8. The lowest BCUT2D eigenvalue weighted by Gasteiger charge is -2.54. The lowest BCUT2D eigenvalue weighted by molar-refractivity contribution is -0.310. The molecule has 1 aromatic carbocycles. The van der Waals surface area contributed by atoms with Gasteiger partial charge in [0, 0.05) is 10.2 Å². The Balaban J connectivity index is 2.35. The van der Waals surface area contributed by atoms with E-state index in [4.69, 9.17) is 20.5 Å². The van der Waals surface area contributed by atoms with Gasteiger partial charge >= 0.3 is 0 Å². The van der Waals surface area contributed by atoms with E-state index in [1.54, 1.807) is 0 Å². The summed E-state index contributed by atoms with van der Waals surface area (Å²) in [6.45, 7) is -4.81. The first kappa shape index (κ1) is 17.6. The predicted octanol–water partition coefficient (Wildman–Crippen LogP) is 0.318. The summed E-state index contributed by atoms with van der Waals surface area (Å²) >= 11 is 5.80. The molecule has 1 fully saturated rings. The number of benzene rings is 1. The molecule has 2 aromatic rings. The summed E-state index contributed by atoms with van der Waals surface area (Å²) in [5, 5.41) is 33.4. The summed E-state index contributed by atoms with van der Waals surface area (Å²) in [5.41, 5.74) is -10.4. The summed E-state index contributed by atoms with van der Waals surface area (Å²) in [5.74, 6) is -5.44. The second-order valence-electron chi connectivity index (χ2n) is 6.68. The highest BCUT2D eigenvalue weighted by atomic mass is 35.5. The van der Waals surface area contributed by atoms with Crippen LogP contribution >= 0.6 is 11.6 Å². The number of Topliss-reactive ketones (excluding diaryl/α,β-unsaturated/α-hetero) is 3. The molecular weight excluding hydrogens is 411 g/mol. The van der Waals surface area contributed by atoms with E-state index in [9.17, 15) is 34.1 Å². The van der Waals surface area contributed by atoms with Crippen molar-refractivity contribution >= 4 is 40.0 Å². The number of fused-ring (bicyclic) bond motifs is 1. The highest BCUT2D eigenvalue weighted by Crippen LogP contribution is 2.48. The SMILES string of the molecule is [2H]CC(=O)[C@@]1(O)[C@@](O)(C(=O)C[2H])COC(n2cnc3cc(F)c(Cl)cc32)[C@@]1(O)C(=O)C[2H]. The van der Waals surface area contributed by atoms with E-state index in [1.807, 2.05) is 0 Å². The van der Waals surface area contributed by atoms with Gasteiger partial charge in [-0.3, -0.25) is 14.4 Å². The first-order valence-corrected chi connectivity index (χ1v) is 8.39. The quantitative estimate of drug-likeness (QED) is 0.629. The van der Waals surface area contributed by atoms with E-state index in [2.05, 4.69) is 4.98 Å². The Kier molecular flexibility index (Phi) is 4.03. The minimum atomic E-state index is -3.65. The van der Waals surface area contributed by atoms with Gasteiger partial charge in [0.25, 0.3) is 0 Å². The molecule has 1 aromatic heterocycles. The van der Waals surface area contributed by atoms with Crippen molar-refractivity contribution in [3.63, 3.8) is 0 Å². The Morgan fingerprint density at radius 1 is 1.24 bits per heavy atom. The maximum absolute atomic E-state index is 13.8. The summed E-state index contributed by atoms with van der Waals surface area (Å²) in [6, 6.07) is 2.00. The molecule has 0 bridgehead atoms. The number of ketones is 3. The van der Waals surface area contributed by atoms with Crippen LogP contribution in [0.5, 0.6) is 0 Å². The number of hydrogen-bond donors (Lipinski definition) is 3. The topological polar surface area (TPSA) is 139 Å². The fourth-order valence-corrected chi connectivity index (χ4v) is 3.63. The molecule has 0 aliphatic carbocycles. The van der Waals surface area contributed by atoms with Crippen molar-refractivity contribution in [2.75, 3.05) is 6.61 Å². The molecule has 156 valence electrons. The molecular formula is C18H18ClFN2O7. The van der Waals surface area contributed by atoms with Crippen LogP contribution in [0.1, 0.15) is 31.0 Å². The highest BCUT2D eigenvalue weighted by Gasteiger charge is 2.75. The highest BCUT2D eigenvalue weighted by molar-refractivity contribution is 6.31. The number of carbonyl (C=O) groups is 3. The molecule has 0 spiro atoms. The molecule has 11 heteroatoms. The number of hydrogen-bond acceptors (Lipinski definition) is 8. The zero-order chi connectivity index (χ0) is 24.1. The first-order chi connectivity index (χ1) is 14.9. The number of imidazole rings is 1. The lowest BCUT2D eigenvalue weighted by atomic mass is 9.63. The average molecular weight is 432 g/mol.